The number of thiocarbonyl (C=S) groups is 1. The number of carbonyl (C=O) groups is 2. The molecule has 0 bridgehead atoms. The van der Waals surface area contributed by atoms with Crippen LogP contribution in [0.2, 0.25) is 0 Å². The van der Waals surface area contributed by atoms with E-state index in [1.54, 1.807) is 0 Å². The van der Waals surface area contributed by atoms with E-state index in [0.717, 1.165) is 12.0 Å². The number of hydrogen-bond donors (Lipinski definition) is 0. The van der Waals surface area contributed by atoms with Gasteiger partial charge in [0.2, 0.25) is 0 Å². The minimum atomic E-state index is -0.640. The largest absolute Gasteiger partial charge is 0.469 e. The van der Waals surface area contributed by atoms with Crippen LogP contribution >= 0.6 is 12.2 Å². The minimum Gasteiger partial charge on any atom is -0.469 e. The third-order valence-corrected chi connectivity index (χ3v) is 4.82. The number of ether oxygens (including phenoxy) is 1. The van der Waals surface area contributed by atoms with Gasteiger partial charge in [0.1, 0.15) is 6.04 Å². The second kappa shape index (κ2) is 8.10. The van der Waals surface area contributed by atoms with Crippen LogP contribution in [0, 0.1) is 0 Å². The smallest absolute Gasteiger partial charge is 0.308 e. The van der Waals surface area contributed by atoms with Crippen molar-refractivity contribution >= 4 is 34.9 Å². The molecule has 1 amide bonds. The number of para-hydroxylation sites is 1. The molecule has 0 saturated carbocycles. The number of esters is 1. The van der Waals surface area contributed by atoms with Gasteiger partial charge in [0.05, 0.1) is 19.2 Å². The topological polar surface area (TPSA) is 49.9 Å². The van der Waals surface area contributed by atoms with E-state index >= 15 is 0 Å². The van der Waals surface area contributed by atoms with Crippen LogP contribution in [0.15, 0.2) is 60.7 Å². The van der Waals surface area contributed by atoms with Crippen LogP contribution in [0.3, 0.4) is 0 Å². The lowest BCUT2D eigenvalue weighted by Gasteiger charge is -2.23. The van der Waals surface area contributed by atoms with Crippen LogP contribution in [-0.2, 0) is 20.7 Å². The Morgan fingerprint density at radius 3 is 2.31 bits per heavy atom. The molecule has 0 N–H and O–H groups in total. The van der Waals surface area contributed by atoms with Crippen LogP contribution in [-0.4, -0.2) is 41.6 Å². The number of methoxy groups -OCH3 is 1. The maximum absolute atomic E-state index is 13.0. The summed E-state index contributed by atoms with van der Waals surface area (Å²) in [4.78, 5) is 28.1. The average Bonchev–Trinajstić information content (AvgIpc) is 2.91. The van der Waals surface area contributed by atoms with E-state index in [1.807, 2.05) is 65.6 Å². The fourth-order valence-electron chi connectivity index (χ4n) is 3.04. The maximum Gasteiger partial charge on any atom is 0.308 e. The third-order valence-electron chi connectivity index (χ3n) is 4.40. The van der Waals surface area contributed by atoms with Crippen molar-refractivity contribution in [2.24, 2.45) is 0 Å². The molecular formula is C20H20N2O3S. The first-order valence-corrected chi connectivity index (χ1v) is 8.83. The predicted molar refractivity (Wildman–Crippen MR) is 104 cm³/mol. The van der Waals surface area contributed by atoms with Gasteiger partial charge in [-0.3, -0.25) is 14.5 Å². The zero-order chi connectivity index (χ0) is 18.5. The normalized spacial score (nSPS) is 16.9. The summed E-state index contributed by atoms with van der Waals surface area (Å²) in [5.74, 6) is -0.620. The van der Waals surface area contributed by atoms with E-state index in [1.165, 1.54) is 12.0 Å². The summed E-state index contributed by atoms with van der Waals surface area (Å²) >= 11 is 5.58. The molecule has 0 radical (unpaired) electrons. The standard InChI is InChI=1S/C20H20N2O3S/c1-25-18(23)14-17-19(24)22(16-10-6-3-7-11-16)20(26)21(17)13-12-15-8-4-2-5-9-15/h2-11,17H,12-14H2,1H3. The second-order valence-electron chi connectivity index (χ2n) is 6.02. The Morgan fingerprint density at radius 2 is 1.69 bits per heavy atom. The van der Waals surface area contributed by atoms with Gasteiger partial charge < -0.3 is 9.64 Å². The molecule has 3 rings (SSSR count). The number of carbonyl (C=O) groups excluding carboxylic acids is 2. The van der Waals surface area contributed by atoms with Crippen LogP contribution in [0.25, 0.3) is 0 Å². The average molecular weight is 368 g/mol. The number of nitrogens with zero attached hydrogens (tertiary/aromatic N) is 2. The summed E-state index contributed by atoms with van der Waals surface area (Å²) < 4.78 is 4.77. The van der Waals surface area contributed by atoms with Gasteiger partial charge in [-0.2, -0.15) is 0 Å². The molecule has 134 valence electrons. The van der Waals surface area contributed by atoms with Crippen molar-refractivity contribution in [1.29, 1.82) is 0 Å². The first-order valence-electron chi connectivity index (χ1n) is 8.42. The van der Waals surface area contributed by atoms with Gasteiger partial charge in [-0.05, 0) is 36.3 Å². The molecular weight excluding hydrogens is 348 g/mol. The molecule has 1 aliphatic heterocycles. The zero-order valence-corrected chi connectivity index (χ0v) is 15.3. The molecule has 0 aliphatic carbocycles. The molecule has 1 saturated heterocycles. The molecule has 2 aromatic carbocycles. The van der Waals surface area contributed by atoms with E-state index in [9.17, 15) is 9.59 Å². The van der Waals surface area contributed by atoms with Crippen LogP contribution < -0.4 is 4.90 Å². The van der Waals surface area contributed by atoms with Crippen molar-refractivity contribution < 1.29 is 14.3 Å². The first kappa shape index (κ1) is 18.1. The Labute approximate surface area is 158 Å². The Bertz CT molecular complexity index is 795. The van der Waals surface area contributed by atoms with Crippen molar-refractivity contribution in [3.63, 3.8) is 0 Å². The van der Waals surface area contributed by atoms with Crippen LogP contribution in [0.1, 0.15) is 12.0 Å². The highest BCUT2D eigenvalue weighted by Crippen LogP contribution is 2.27. The Balaban J connectivity index is 1.84. The molecule has 0 aromatic heterocycles. The van der Waals surface area contributed by atoms with Crippen molar-refractivity contribution in [2.45, 2.75) is 18.9 Å². The Hall–Kier alpha value is -2.73. The van der Waals surface area contributed by atoms with Crippen LogP contribution in [0.5, 0.6) is 0 Å². The highest BCUT2D eigenvalue weighted by atomic mass is 32.1. The lowest BCUT2D eigenvalue weighted by atomic mass is 10.1. The summed E-state index contributed by atoms with van der Waals surface area (Å²) in [6, 6.07) is 18.6. The third kappa shape index (κ3) is 3.75. The lowest BCUT2D eigenvalue weighted by Crippen LogP contribution is -2.38. The highest BCUT2D eigenvalue weighted by Gasteiger charge is 2.44. The number of benzene rings is 2. The van der Waals surface area contributed by atoms with E-state index in [2.05, 4.69) is 0 Å². The van der Waals surface area contributed by atoms with Gasteiger partial charge in [-0.15, -0.1) is 0 Å². The molecule has 5 nitrogen and oxygen atoms in total. The van der Waals surface area contributed by atoms with E-state index < -0.39 is 12.0 Å². The Kier molecular flexibility index (Phi) is 5.63. The van der Waals surface area contributed by atoms with Crippen molar-refractivity contribution in [1.82, 2.24) is 4.90 Å². The molecule has 26 heavy (non-hydrogen) atoms. The fraction of sp³-hybridized carbons (Fsp3) is 0.250. The molecule has 6 heteroatoms. The number of anilines is 1. The number of amides is 1. The summed E-state index contributed by atoms with van der Waals surface area (Å²) in [6.45, 7) is 0.555. The molecule has 1 fully saturated rings. The van der Waals surface area contributed by atoms with Crippen molar-refractivity contribution in [3.05, 3.63) is 66.2 Å². The summed E-state index contributed by atoms with van der Waals surface area (Å²) in [5.41, 5.74) is 1.86. The van der Waals surface area contributed by atoms with E-state index in [4.69, 9.17) is 17.0 Å². The molecule has 1 aliphatic rings. The quantitative estimate of drug-likeness (QED) is 0.580. The maximum atomic E-state index is 13.0. The SMILES string of the molecule is COC(=O)CC1C(=O)N(c2ccccc2)C(=S)N1CCc1ccccc1. The van der Waals surface area contributed by atoms with Crippen molar-refractivity contribution in [3.8, 4) is 0 Å². The first-order chi connectivity index (χ1) is 12.6. The molecule has 2 aromatic rings. The molecule has 1 heterocycles. The second-order valence-corrected chi connectivity index (χ2v) is 6.38. The Morgan fingerprint density at radius 1 is 1.08 bits per heavy atom. The summed E-state index contributed by atoms with van der Waals surface area (Å²) in [7, 11) is 1.32. The predicted octanol–water partition coefficient (Wildman–Crippen LogP) is 2.79. The molecule has 1 atom stereocenters. The van der Waals surface area contributed by atoms with Gasteiger partial charge in [0.25, 0.3) is 5.91 Å². The number of rotatable bonds is 6. The van der Waals surface area contributed by atoms with Gasteiger partial charge in [0, 0.05) is 6.54 Å². The zero-order valence-electron chi connectivity index (χ0n) is 14.5. The van der Waals surface area contributed by atoms with Crippen LogP contribution in [0.4, 0.5) is 5.69 Å². The molecule has 0 spiro atoms. The summed E-state index contributed by atoms with van der Waals surface area (Å²) in [6.07, 6.45) is 0.710. The molecule has 1 unspecified atom stereocenters. The fourth-order valence-corrected chi connectivity index (χ4v) is 3.45. The lowest BCUT2D eigenvalue weighted by molar-refractivity contribution is -0.143. The number of hydrogen-bond acceptors (Lipinski definition) is 4. The van der Waals surface area contributed by atoms with Gasteiger partial charge >= 0.3 is 5.97 Å². The van der Waals surface area contributed by atoms with Crippen molar-refractivity contribution in [2.75, 3.05) is 18.6 Å². The van der Waals surface area contributed by atoms with E-state index in [0.29, 0.717) is 17.3 Å². The monoisotopic (exact) mass is 368 g/mol. The minimum absolute atomic E-state index is 0.0202. The van der Waals surface area contributed by atoms with Gasteiger partial charge in [-0.1, -0.05) is 48.5 Å². The summed E-state index contributed by atoms with van der Waals surface area (Å²) in [5, 5.41) is 0.422. The highest BCUT2D eigenvalue weighted by molar-refractivity contribution is 7.80. The van der Waals surface area contributed by atoms with Gasteiger partial charge in [0.15, 0.2) is 5.11 Å². The van der Waals surface area contributed by atoms with E-state index in [-0.39, 0.29) is 12.3 Å². The van der Waals surface area contributed by atoms with Gasteiger partial charge in [-0.25, -0.2) is 0 Å².